The van der Waals surface area contributed by atoms with Crippen LogP contribution in [-0.4, -0.2) is 45.3 Å². The summed E-state index contributed by atoms with van der Waals surface area (Å²) >= 11 is 0. The number of aliphatic carboxylic acids is 2. The van der Waals surface area contributed by atoms with Crippen LogP contribution in [0.4, 0.5) is 0 Å². The fraction of sp³-hybridized carbons (Fsp3) is 0.667. The van der Waals surface area contributed by atoms with E-state index in [0.717, 1.165) is 0 Å². The Labute approximate surface area is 127 Å². The molecular formula is C12H20N4O6. The number of carboxylic acids is 2. The molecule has 0 aliphatic heterocycles. The molecule has 0 heterocycles. The van der Waals surface area contributed by atoms with Crippen LogP contribution in [0, 0.1) is 0 Å². The molecule has 0 spiro atoms. The molecule has 0 radical (unpaired) electrons. The average Bonchev–Trinajstić information content (AvgIpc) is 2.21. The van der Waals surface area contributed by atoms with Gasteiger partial charge in [-0.3, -0.25) is 19.2 Å². The SMILES string of the molecule is CC(=O)NC(C)(CC(=O)O)N=NC(C)(CC(=O)O)NC(C)=O. The van der Waals surface area contributed by atoms with Gasteiger partial charge in [-0.15, -0.1) is 0 Å². The van der Waals surface area contributed by atoms with E-state index >= 15 is 0 Å². The summed E-state index contributed by atoms with van der Waals surface area (Å²) in [6.45, 7) is 5.00. The lowest BCUT2D eigenvalue weighted by Crippen LogP contribution is -2.48. The van der Waals surface area contributed by atoms with E-state index in [-0.39, 0.29) is 0 Å². The highest BCUT2D eigenvalue weighted by Crippen LogP contribution is 2.19. The number of amides is 2. The maximum Gasteiger partial charge on any atom is 0.307 e. The molecule has 10 heteroatoms. The van der Waals surface area contributed by atoms with Gasteiger partial charge in [0.1, 0.15) is 0 Å². The van der Waals surface area contributed by atoms with E-state index in [0.29, 0.717) is 0 Å². The first-order chi connectivity index (χ1) is 9.87. The molecule has 0 saturated carbocycles. The maximum atomic E-state index is 11.2. The van der Waals surface area contributed by atoms with Crippen molar-refractivity contribution in [2.24, 2.45) is 10.2 Å². The first-order valence-electron chi connectivity index (χ1n) is 6.33. The van der Waals surface area contributed by atoms with Crippen molar-refractivity contribution in [2.45, 2.75) is 51.9 Å². The molecule has 2 amide bonds. The van der Waals surface area contributed by atoms with Crippen molar-refractivity contribution >= 4 is 23.8 Å². The number of azo groups is 1. The lowest BCUT2D eigenvalue weighted by molar-refractivity contribution is -0.140. The molecule has 22 heavy (non-hydrogen) atoms. The van der Waals surface area contributed by atoms with E-state index < -0.39 is 47.9 Å². The van der Waals surface area contributed by atoms with Gasteiger partial charge in [-0.2, -0.15) is 10.2 Å². The first kappa shape index (κ1) is 19.5. The van der Waals surface area contributed by atoms with Crippen molar-refractivity contribution < 1.29 is 29.4 Å². The average molecular weight is 316 g/mol. The van der Waals surface area contributed by atoms with Crippen LogP contribution in [0.5, 0.6) is 0 Å². The Hall–Kier alpha value is -2.52. The summed E-state index contributed by atoms with van der Waals surface area (Å²) in [5.41, 5.74) is -3.12. The Morgan fingerprint density at radius 1 is 0.818 bits per heavy atom. The summed E-state index contributed by atoms with van der Waals surface area (Å²) in [5.74, 6) is -3.51. The molecule has 4 N–H and O–H groups in total. The number of hydrogen-bond acceptors (Lipinski definition) is 6. The summed E-state index contributed by atoms with van der Waals surface area (Å²) in [7, 11) is 0. The molecule has 0 aromatic rings. The van der Waals surface area contributed by atoms with Crippen molar-refractivity contribution in [3.63, 3.8) is 0 Å². The van der Waals surface area contributed by atoms with Gasteiger partial charge >= 0.3 is 11.9 Å². The lowest BCUT2D eigenvalue weighted by atomic mass is 10.1. The standard InChI is InChI=1S/C12H20N4O6/c1-7(17)13-11(3,5-9(19)20)15-16-12(4,6-10(21)22)14-8(2)18/h5-6H2,1-4H3,(H,13,17)(H,14,18)(H,19,20)(H,21,22). The van der Waals surface area contributed by atoms with Gasteiger partial charge in [0.05, 0.1) is 12.8 Å². The van der Waals surface area contributed by atoms with Crippen LogP contribution in [0.3, 0.4) is 0 Å². The smallest absolute Gasteiger partial charge is 0.307 e. The molecule has 0 aromatic carbocycles. The molecule has 0 saturated heterocycles. The van der Waals surface area contributed by atoms with E-state index in [2.05, 4.69) is 20.9 Å². The summed E-state index contributed by atoms with van der Waals surface area (Å²) < 4.78 is 0. The van der Waals surface area contributed by atoms with Gasteiger partial charge in [0.15, 0.2) is 11.3 Å². The van der Waals surface area contributed by atoms with Crippen LogP contribution in [0.25, 0.3) is 0 Å². The van der Waals surface area contributed by atoms with Crippen LogP contribution in [0.15, 0.2) is 10.2 Å². The molecule has 0 aliphatic carbocycles. The lowest BCUT2D eigenvalue weighted by Gasteiger charge is -2.27. The van der Waals surface area contributed by atoms with E-state index in [1.54, 1.807) is 0 Å². The predicted octanol–water partition coefficient (Wildman–Crippen LogP) is 0.0926. The van der Waals surface area contributed by atoms with Crippen LogP contribution in [-0.2, 0) is 19.2 Å². The Bertz CT molecular complexity index is 426. The van der Waals surface area contributed by atoms with Crippen LogP contribution in [0.2, 0.25) is 0 Å². The minimum atomic E-state index is -1.56. The molecule has 2 unspecified atom stereocenters. The first-order valence-corrected chi connectivity index (χ1v) is 6.33. The number of nitrogens with zero attached hydrogens (tertiary/aromatic N) is 2. The fourth-order valence-electron chi connectivity index (χ4n) is 1.78. The van der Waals surface area contributed by atoms with E-state index in [1.165, 1.54) is 27.7 Å². The third kappa shape index (κ3) is 7.92. The van der Waals surface area contributed by atoms with Gasteiger partial charge in [0.25, 0.3) is 0 Å². The third-order valence-electron chi connectivity index (χ3n) is 2.37. The number of carbonyl (C=O) groups excluding carboxylic acids is 2. The van der Waals surface area contributed by atoms with Gasteiger partial charge in [0.2, 0.25) is 11.8 Å². The number of nitrogens with one attached hydrogen (secondary N) is 2. The molecule has 0 bridgehead atoms. The molecule has 0 fully saturated rings. The van der Waals surface area contributed by atoms with Crippen LogP contribution in [0.1, 0.15) is 40.5 Å². The van der Waals surface area contributed by atoms with Gasteiger partial charge in [-0.25, -0.2) is 0 Å². The van der Waals surface area contributed by atoms with Gasteiger partial charge in [-0.05, 0) is 13.8 Å². The zero-order valence-electron chi connectivity index (χ0n) is 12.8. The maximum absolute atomic E-state index is 11.2. The van der Waals surface area contributed by atoms with Crippen molar-refractivity contribution in [1.82, 2.24) is 10.6 Å². The second-order valence-electron chi connectivity index (χ2n) is 5.25. The van der Waals surface area contributed by atoms with Crippen molar-refractivity contribution in [3.05, 3.63) is 0 Å². The number of carbonyl (C=O) groups is 4. The largest absolute Gasteiger partial charge is 0.481 e. The highest BCUT2D eigenvalue weighted by molar-refractivity contribution is 5.76. The van der Waals surface area contributed by atoms with Gasteiger partial charge in [0, 0.05) is 13.8 Å². The van der Waals surface area contributed by atoms with E-state index in [9.17, 15) is 19.2 Å². The second kappa shape index (κ2) is 7.48. The molecule has 10 nitrogen and oxygen atoms in total. The molecule has 0 aliphatic rings. The predicted molar refractivity (Wildman–Crippen MR) is 73.8 cm³/mol. The normalized spacial score (nSPS) is 16.4. The summed E-state index contributed by atoms with van der Waals surface area (Å²) in [6.07, 6.45) is -1.11. The zero-order chi connectivity index (χ0) is 17.6. The molecule has 2 atom stereocenters. The number of rotatable bonds is 8. The number of hydrogen-bond donors (Lipinski definition) is 4. The Morgan fingerprint density at radius 3 is 1.27 bits per heavy atom. The molecule has 0 rings (SSSR count). The van der Waals surface area contributed by atoms with Crippen LogP contribution >= 0.6 is 0 Å². The monoisotopic (exact) mass is 316 g/mol. The van der Waals surface area contributed by atoms with Crippen molar-refractivity contribution in [1.29, 1.82) is 0 Å². The van der Waals surface area contributed by atoms with Crippen molar-refractivity contribution in [3.8, 4) is 0 Å². The van der Waals surface area contributed by atoms with E-state index in [4.69, 9.17) is 10.2 Å². The van der Waals surface area contributed by atoms with Gasteiger partial charge < -0.3 is 20.8 Å². The van der Waals surface area contributed by atoms with Crippen LogP contribution < -0.4 is 10.6 Å². The molecule has 0 aromatic heterocycles. The summed E-state index contributed by atoms with van der Waals surface area (Å²) in [4.78, 5) is 44.0. The summed E-state index contributed by atoms with van der Waals surface area (Å²) in [5, 5.41) is 29.9. The third-order valence-corrected chi connectivity index (χ3v) is 2.37. The molecule has 124 valence electrons. The Morgan fingerprint density at radius 2 is 1.09 bits per heavy atom. The quantitative estimate of drug-likeness (QED) is 0.465. The highest BCUT2D eigenvalue weighted by atomic mass is 16.4. The fourth-order valence-corrected chi connectivity index (χ4v) is 1.78. The minimum absolute atomic E-state index is 0.526. The topological polar surface area (TPSA) is 158 Å². The minimum Gasteiger partial charge on any atom is -0.481 e. The highest BCUT2D eigenvalue weighted by Gasteiger charge is 2.33. The van der Waals surface area contributed by atoms with Crippen molar-refractivity contribution in [2.75, 3.05) is 0 Å². The summed E-state index contributed by atoms with van der Waals surface area (Å²) in [6, 6.07) is 0. The second-order valence-corrected chi connectivity index (χ2v) is 5.25. The Kier molecular flexibility index (Phi) is 6.62. The number of carboxylic acid groups (broad SMARTS) is 2. The molecular weight excluding hydrogens is 296 g/mol. The van der Waals surface area contributed by atoms with E-state index in [1.807, 2.05) is 0 Å². The zero-order valence-corrected chi connectivity index (χ0v) is 12.8. The van der Waals surface area contributed by atoms with Gasteiger partial charge in [-0.1, -0.05) is 0 Å². The Balaban J connectivity index is 5.44.